The normalized spacial score (nSPS) is 17.5. The van der Waals surface area contributed by atoms with E-state index in [1.807, 2.05) is 25.4 Å². The average Bonchev–Trinajstić information content (AvgIpc) is 3.52. The Bertz CT molecular complexity index is 1440. The number of fused-ring (bicyclic) bond motifs is 1. The van der Waals surface area contributed by atoms with Crippen molar-refractivity contribution in [3.8, 4) is 17.1 Å². The quantitative estimate of drug-likeness (QED) is 0.371. The molecule has 1 aliphatic rings. The van der Waals surface area contributed by atoms with Crippen LogP contribution in [0.1, 0.15) is 44.2 Å². The summed E-state index contributed by atoms with van der Waals surface area (Å²) >= 11 is 0. The van der Waals surface area contributed by atoms with Gasteiger partial charge < -0.3 is 15.0 Å². The number of rotatable bonds is 8. The van der Waals surface area contributed by atoms with Gasteiger partial charge in [0.05, 0.1) is 17.8 Å². The zero-order chi connectivity index (χ0) is 26.8. The number of carbonyl (C=O) groups excluding carboxylic acids is 1. The second-order valence-electron chi connectivity index (χ2n) is 9.92. The number of anilines is 1. The van der Waals surface area contributed by atoms with Gasteiger partial charge in [0.25, 0.3) is 5.88 Å². The molecule has 0 aromatic carbocycles. The molecule has 0 unspecified atom stereocenters. The SMILES string of the molecule is CCNc1cc2c(cn1)c(-c1cnn(CC(=O)N(C)C)c1)nn2C1CCC(Oc2nccc(C)c2F)CC1. The van der Waals surface area contributed by atoms with Crippen molar-refractivity contribution < 1.29 is 13.9 Å². The molecule has 4 aromatic rings. The van der Waals surface area contributed by atoms with Gasteiger partial charge >= 0.3 is 0 Å². The second kappa shape index (κ2) is 10.8. The minimum absolute atomic E-state index is 0.0355. The fourth-order valence-electron chi connectivity index (χ4n) is 4.82. The van der Waals surface area contributed by atoms with Gasteiger partial charge in [0.15, 0.2) is 5.82 Å². The smallest absolute Gasteiger partial charge is 0.250 e. The van der Waals surface area contributed by atoms with E-state index in [-0.39, 0.29) is 30.5 Å². The molecular formula is C27H33FN8O2. The highest BCUT2D eigenvalue weighted by Crippen LogP contribution is 2.36. The van der Waals surface area contributed by atoms with Crippen molar-refractivity contribution in [1.29, 1.82) is 0 Å². The Balaban J connectivity index is 1.40. The summed E-state index contributed by atoms with van der Waals surface area (Å²) in [6.45, 7) is 4.67. The Kier molecular flexibility index (Phi) is 7.26. The number of likely N-dealkylation sites (N-methyl/N-ethyl adjacent to an activating group) is 1. The minimum atomic E-state index is -0.395. The maximum absolute atomic E-state index is 14.4. The number of aryl methyl sites for hydroxylation is 1. The van der Waals surface area contributed by atoms with Crippen molar-refractivity contribution >= 4 is 22.6 Å². The molecule has 4 heterocycles. The first-order valence-electron chi connectivity index (χ1n) is 13.0. The van der Waals surface area contributed by atoms with E-state index in [4.69, 9.17) is 9.84 Å². The van der Waals surface area contributed by atoms with Crippen molar-refractivity contribution in [3.05, 3.63) is 48.3 Å². The van der Waals surface area contributed by atoms with Crippen LogP contribution in [0.4, 0.5) is 10.2 Å². The van der Waals surface area contributed by atoms with E-state index in [9.17, 15) is 9.18 Å². The van der Waals surface area contributed by atoms with Crippen LogP contribution in [0.25, 0.3) is 22.2 Å². The third-order valence-electron chi connectivity index (χ3n) is 6.97. The first-order chi connectivity index (χ1) is 18.3. The summed E-state index contributed by atoms with van der Waals surface area (Å²) in [5, 5.41) is 13.6. The molecule has 200 valence electrons. The van der Waals surface area contributed by atoms with Crippen molar-refractivity contribution in [2.75, 3.05) is 26.0 Å². The fourth-order valence-corrected chi connectivity index (χ4v) is 4.82. The number of carbonyl (C=O) groups is 1. The fraction of sp³-hybridized carbons (Fsp3) is 0.444. The lowest BCUT2D eigenvalue weighted by Crippen LogP contribution is -2.27. The van der Waals surface area contributed by atoms with Gasteiger partial charge in [-0.1, -0.05) is 0 Å². The van der Waals surface area contributed by atoms with E-state index in [1.165, 1.54) is 0 Å². The maximum atomic E-state index is 14.4. The minimum Gasteiger partial charge on any atom is -0.472 e. The predicted molar refractivity (Wildman–Crippen MR) is 142 cm³/mol. The highest BCUT2D eigenvalue weighted by Gasteiger charge is 2.28. The van der Waals surface area contributed by atoms with Crippen LogP contribution in [0.15, 0.2) is 36.9 Å². The summed E-state index contributed by atoms with van der Waals surface area (Å²) < 4.78 is 24.1. The van der Waals surface area contributed by atoms with Gasteiger partial charge in [-0.25, -0.2) is 14.4 Å². The third-order valence-corrected chi connectivity index (χ3v) is 6.97. The van der Waals surface area contributed by atoms with Crippen LogP contribution in [0.3, 0.4) is 0 Å². The van der Waals surface area contributed by atoms with Crippen LogP contribution in [0.2, 0.25) is 0 Å². The monoisotopic (exact) mass is 520 g/mol. The summed E-state index contributed by atoms with van der Waals surface area (Å²) in [6, 6.07) is 3.83. The predicted octanol–water partition coefficient (Wildman–Crippen LogP) is 4.22. The molecule has 0 saturated heterocycles. The molecule has 1 aliphatic carbocycles. The molecule has 38 heavy (non-hydrogen) atoms. The molecule has 5 rings (SSSR count). The number of ether oxygens (including phenoxy) is 1. The van der Waals surface area contributed by atoms with Crippen LogP contribution in [-0.2, 0) is 11.3 Å². The van der Waals surface area contributed by atoms with Gasteiger partial charge in [-0.2, -0.15) is 10.2 Å². The number of nitrogens with zero attached hydrogens (tertiary/aromatic N) is 7. The number of hydrogen-bond acceptors (Lipinski definition) is 7. The van der Waals surface area contributed by atoms with Gasteiger partial charge in [0, 0.05) is 56.2 Å². The largest absolute Gasteiger partial charge is 0.472 e. The van der Waals surface area contributed by atoms with E-state index in [2.05, 4.69) is 25.1 Å². The highest BCUT2D eigenvalue weighted by atomic mass is 19.1. The van der Waals surface area contributed by atoms with Crippen molar-refractivity contribution in [3.63, 3.8) is 0 Å². The van der Waals surface area contributed by atoms with E-state index in [0.717, 1.165) is 60.2 Å². The molecule has 0 radical (unpaired) electrons. The first kappa shape index (κ1) is 25.6. The van der Waals surface area contributed by atoms with Crippen LogP contribution in [0.5, 0.6) is 5.88 Å². The molecule has 0 atom stereocenters. The molecule has 1 N–H and O–H groups in total. The van der Waals surface area contributed by atoms with Crippen LogP contribution >= 0.6 is 0 Å². The Morgan fingerprint density at radius 3 is 2.74 bits per heavy atom. The zero-order valence-electron chi connectivity index (χ0n) is 22.2. The first-order valence-corrected chi connectivity index (χ1v) is 13.0. The van der Waals surface area contributed by atoms with Gasteiger partial charge in [0.2, 0.25) is 5.91 Å². The molecule has 0 aliphatic heterocycles. The van der Waals surface area contributed by atoms with Crippen molar-refractivity contribution in [1.82, 2.24) is 34.4 Å². The number of amides is 1. The van der Waals surface area contributed by atoms with Crippen molar-refractivity contribution in [2.24, 2.45) is 0 Å². The molecule has 1 saturated carbocycles. The molecule has 0 bridgehead atoms. The third kappa shape index (κ3) is 5.18. The summed E-state index contributed by atoms with van der Waals surface area (Å²) in [5.74, 6) is 0.435. The molecule has 1 amide bonds. The van der Waals surface area contributed by atoms with Gasteiger partial charge in [0.1, 0.15) is 24.2 Å². The van der Waals surface area contributed by atoms with Crippen LogP contribution in [-0.4, -0.2) is 67.1 Å². The van der Waals surface area contributed by atoms with E-state index in [1.54, 1.807) is 49.1 Å². The van der Waals surface area contributed by atoms with Crippen LogP contribution in [0, 0.1) is 12.7 Å². The molecular weight excluding hydrogens is 487 g/mol. The number of nitrogens with one attached hydrogen (secondary N) is 1. The number of pyridine rings is 2. The second-order valence-corrected chi connectivity index (χ2v) is 9.92. The lowest BCUT2D eigenvalue weighted by atomic mass is 9.93. The average molecular weight is 521 g/mol. The molecule has 10 nitrogen and oxygen atoms in total. The highest BCUT2D eigenvalue weighted by molar-refractivity contribution is 5.93. The standard InChI is InChI=1S/C27H33FN8O2/c1-5-29-23-12-22-21(14-31-23)26(18-13-32-35(15-18)16-24(37)34(3)4)33-36(22)19-6-8-20(9-7-19)38-27-25(28)17(2)10-11-30-27/h10-15,19-20H,5-9,16H2,1-4H3,(H,29,31). The topological polar surface area (TPSA) is 103 Å². The van der Waals surface area contributed by atoms with Gasteiger partial charge in [-0.15, -0.1) is 0 Å². The molecule has 4 aromatic heterocycles. The summed E-state index contributed by atoms with van der Waals surface area (Å²) in [6.07, 6.45) is 10.1. The zero-order valence-corrected chi connectivity index (χ0v) is 22.2. The van der Waals surface area contributed by atoms with Crippen molar-refractivity contribution in [2.45, 2.75) is 58.2 Å². The van der Waals surface area contributed by atoms with E-state index in [0.29, 0.717) is 5.56 Å². The lowest BCUT2D eigenvalue weighted by Gasteiger charge is -2.29. The van der Waals surface area contributed by atoms with Gasteiger partial charge in [-0.3, -0.25) is 14.2 Å². The van der Waals surface area contributed by atoms with E-state index >= 15 is 0 Å². The van der Waals surface area contributed by atoms with Crippen LogP contribution < -0.4 is 10.1 Å². The Hall–Kier alpha value is -4.02. The summed E-state index contributed by atoms with van der Waals surface area (Å²) in [5.41, 5.74) is 3.12. The Morgan fingerprint density at radius 2 is 2.00 bits per heavy atom. The summed E-state index contributed by atoms with van der Waals surface area (Å²) in [4.78, 5) is 22.4. The maximum Gasteiger partial charge on any atom is 0.250 e. The molecule has 0 spiro atoms. The Labute approximate surface area is 220 Å². The lowest BCUT2D eigenvalue weighted by molar-refractivity contribution is -0.129. The number of aromatic nitrogens is 6. The number of halogens is 1. The van der Waals surface area contributed by atoms with Gasteiger partial charge in [-0.05, 0) is 51.2 Å². The molecule has 11 heteroatoms. The summed E-state index contributed by atoms with van der Waals surface area (Å²) in [7, 11) is 3.45. The Morgan fingerprint density at radius 1 is 1.21 bits per heavy atom. The van der Waals surface area contributed by atoms with E-state index < -0.39 is 5.82 Å². The number of hydrogen-bond donors (Lipinski definition) is 1. The molecule has 1 fully saturated rings.